The Hall–Kier alpha value is -2.10. The summed E-state index contributed by atoms with van der Waals surface area (Å²) >= 11 is 0. The van der Waals surface area contributed by atoms with Crippen LogP contribution in [0.5, 0.6) is 0 Å². The van der Waals surface area contributed by atoms with Gasteiger partial charge in [0.2, 0.25) is 0 Å². The van der Waals surface area contributed by atoms with Gasteiger partial charge in [0, 0.05) is 42.7 Å². The van der Waals surface area contributed by atoms with E-state index in [4.69, 9.17) is 5.73 Å². The van der Waals surface area contributed by atoms with Crippen molar-refractivity contribution in [3.05, 3.63) is 71.0 Å². The number of aromatic nitrogens is 1. The Bertz CT molecular complexity index is 894. The van der Waals surface area contributed by atoms with Gasteiger partial charge in [-0.05, 0) is 75.5 Å². The Morgan fingerprint density at radius 3 is 2.79 bits per heavy atom. The van der Waals surface area contributed by atoms with Crippen LogP contribution in [0.25, 0.3) is 10.9 Å². The molecule has 3 rings (SSSR count). The van der Waals surface area contributed by atoms with Crippen molar-refractivity contribution in [2.45, 2.75) is 52.6 Å². The quantitative estimate of drug-likeness (QED) is 0.658. The molecule has 0 unspecified atom stereocenters. The van der Waals surface area contributed by atoms with E-state index in [2.05, 4.69) is 67.3 Å². The van der Waals surface area contributed by atoms with Crippen molar-refractivity contribution < 1.29 is 0 Å². The summed E-state index contributed by atoms with van der Waals surface area (Å²) in [4.78, 5) is 2.43. The highest BCUT2D eigenvalue weighted by molar-refractivity contribution is 5.86. The van der Waals surface area contributed by atoms with Crippen LogP contribution in [0.4, 0.5) is 0 Å². The average Bonchev–Trinajstić information content (AvgIpc) is 2.98. The zero-order valence-electron chi connectivity index (χ0n) is 17.8. The fraction of sp³-hybridized carbons (Fsp3) is 0.440. The number of allylic oxidation sites excluding steroid dienone is 5. The van der Waals surface area contributed by atoms with Crippen LogP contribution >= 0.6 is 0 Å². The third-order valence-corrected chi connectivity index (χ3v) is 5.70. The molecule has 1 aliphatic rings. The number of nitrogens with two attached hydrogens (primary N) is 1. The lowest BCUT2D eigenvalue weighted by Gasteiger charge is -2.24. The minimum Gasteiger partial charge on any atom is -0.344 e. The highest BCUT2D eigenvalue weighted by Gasteiger charge is 2.22. The molecule has 0 saturated heterocycles. The maximum atomic E-state index is 5.72. The smallest absolute Gasteiger partial charge is 0.0486 e. The van der Waals surface area contributed by atoms with Crippen LogP contribution in [-0.2, 0) is 25.9 Å². The molecule has 1 aliphatic heterocycles. The third-order valence-electron chi connectivity index (χ3n) is 5.70. The molecule has 28 heavy (non-hydrogen) atoms. The van der Waals surface area contributed by atoms with Gasteiger partial charge in [-0.25, -0.2) is 0 Å². The second-order valence-corrected chi connectivity index (χ2v) is 8.25. The van der Waals surface area contributed by atoms with Gasteiger partial charge in [0.1, 0.15) is 0 Å². The molecule has 0 aliphatic carbocycles. The highest BCUT2D eigenvalue weighted by atomic mass is 15.1. The van der Waals surface area contributed by atoms with Crippen molar-refractivity contribution in [3.8, 4) is 0 Å². The predicted octanol–water partition coefficient (Wildman–Crippen LogP) is 4.99. The zero-order chi connectivity index (χ0) is 20.1. The molecule has 0 saturated carbocycles. The molecule has 150 valence electrons. The van der Waals surface area contributed by atoms with Crippen molar-refractivity contribution in [2.75, 3.05) is 20.1 Å². The highest BCUT2D eigenvalue weighted by Crippen LogP contribution is 2.32. The van der Waals surface area contributed by atoms with Gasteiger partial charge in [0.15, 0.2) is 0 Å². The lowest BCUT2D eigenvalue weighted by atomic mass is 10.0. The molecule has 2 aromatic rings. The largest absolute Gasteiger partial charge is 0.344 e. The summed E-state index contributed by atoms with van der Waals surface area (Å²) < 4.78 is 2.56. The van der Waals surface area contributed by atoms with Crippen LogP contribution in [0.1, 0.15) is 43.5 Å². The van der Waals surface area contributed by atoms with Crippen LogP contribution < -0.4 is 5.73 Å². The lowest BCUT2D eigenvalue weighted by Crippen LogP contribution is -2.27. The van der Waals surface area contributed by atoms with Crippen molar-refractivity contribution in [1.29, 1.82) is 0 Å². The van der Waals surface area contributed by atoms with Crippen LogP contribution in [0, 0.1) is 0 Å². The standard InChI is InChI=1S/C25H35N3/c1-5-20(9-8-19(2)3)12-16-28-24-11-10-21(7-6-14-26)17-22(24)23-18-27(4)15-13-25(23)28/h5,8-11,17H,1,6-7,12-16,18,26H2,2-4H3/b20-9+. The minimum absolute atomic E-state index is 0.752. The predicted molar refractivity (Wildman–Crippen MR) is 122 cm³/mol. The zero-order valence-corrected chi connectivity index (χ0v) is 17.8. The van der Waals surface area contributed by atoms with E-state index in [1.807, 2.05) is 6.08 Å². The molecule has 0 amide bonds. The van der Waals surface area contributed by atoms with E-state index < -0.39 is 0 Å². The van der Waals surface area contributed by atoms with Gasteiger partial charge in [0.25, 0.3) is 0 Å². The molecular formula is C25H35N3. The van der Waals surface area contributed by atoms with E-state index in [9.17, 15) is 0 Å². The number of fused-ring (bicyclic) bond motifs is 3. The normalized spacial score (nSPS) is 14.9. The van der Waals surface area contributed by atoms with Gasteiger partial charge in [-0.15, -0.1) is 0 Å². The summed E-state index contributed by atoms with van der Waals surface area (Å²) in [6.45, 7) is 12.2. The second kappa shape index (κ2) is 9.40. The molecule has 2 N–H and O–H groups in total. The van der Waals surface area contributed by atoms with Crippen molar-refractivity contribution >= 4 is 10.9 Å². The summed E-state index contributed by atoms with van der Waals surface area (Å²) in [6.07, 6.45) is 10.6. The maximum absolute atomic E-state index is 5.72. The summed E-state index contributed by atoms with van der Waals surface area (Å²) in [7, 11) is 2.22. The Kier molecular flexibility index (Phi) is 6.93. The van der Waals surface area contributed by atoms with E-state index in [-0.39, 0.29) is 0 Å². The van der Waals surface area contributed by atoms with Gasteiger partial charge in [-0.2, -0.15) is 0 Å². The third kappa shape index (κ3) is 4.65. The molecule has 3 nitrogen and oxygen atoms in total. The van der Waals surface area contributed by atoms with Gasteiger partial charge in [0.05, 0.1) is 0 Å². The Balaban J connectivity index is 1.96. The fourth-order valence-corrected chi connectivity index (χ4v) is 4.12. The average molecular weight is 378 g/mol. The second-order valence-electron chi connectivity index (χ2n) is 8.25. The van der Waals surface area contributed by atoms with Crippen LogP contribution in [-0.4, -0.2) is 29.6 Å². The maximum Gasteiger partial charge on any atom is 0.0486 e. The van der Waals surface area contributed by atoms with Gasteiger partial charge >= 0.3 is 0 Å². The van der Waals surface area contributed by atoms with Crippen LogP contribution in [0.3, 0.4) is 0 Å². The van der Waals surface area contributed by atoms with E-state index >= 15 is 0 Å². The van der Waals surface area contributed by atoms with Gasteiger partial charge in [-0.1, -0.05) is 36.4 Å². The number of nitrogens with zero attached hydrogens (tertiary/aromatic N) is 2. The molecule has 0 fully saturated rings. The molecule has 0 spiro atoms. The topological polar surface area (TPSA) is 34.2 Å². The summed E-state index contributed by atoms with van der Waals surface area (Å²) in [5.74, 6) is 0. The molecule has 0 bridgehead atoms. The first kappa shape index (κ1) is 20.6. The van der Waals surface area contributed by atoms with Crippen molar-refractivity contribution in [3.63, 3.8) is 0 Å². The molecular weight excluding hydrogens is 342 g/mol. The monoisotopic (exact) mass is 377 g/mol. The van der Waals surface area contributed by atoms with Gasteiger partial charge < -0.3 is 15.2 Å². The van der Waals surface area contributed by atoms with Crippen LogP contribution in [0.15, 0.2) is 54.2 Å². The number of hydrogen-bond donors (Lipinski definition) is 1. The number of aryl methyl sites for hydroxylation is 2. The molecule has 2 heterocycles. The van der Waals surface area contributed by atoms with E-state index in [1.54, 1.807) is 0 Å². The van der Waals surface area contributed by atoms with Crippen LogP contribution in [0.2, 0.25) is 0 Å². The molecule has 1 aromatic heterocycles. The fourth-order valence-electron chi connectivity index (χ4n) is 4.12. The first-order valence-corrected chi connectivity index (χ1v) is 10.5. The number of likely N-dealkylation sites (N-methyl/N-ethyl adjacent to an activating group) is 1. The molecule has 1 aromatic carbocycles. The summed E-state index contributed by atoms with van der Waals surface area (Å²) in [5.41, 5.74) is 14.2. The summed E-state index contributed by atoms with van der Waals surface area (Å²) in [5, 5.41) is 1.43. The Morgan fingerprint density at radius 1 is 1.25 bits per heavy atom. The minimum atomic E-state index is 0.752. The molecule has 3 heteroatoms. The SMILES string of the molecule is C=C/C(=C\C=C(C)C)CCn1c2c(c3cc(CCCN)ccc31)CN(C)CC2. The number of benzene rings is 1. The van der Waals surface area contributed by atoms with E-state index in [0.717, 1.165) is 51.9 Å². The Morgan fingerprint density at radius 2 is 2.07 bits per heavy atom. The van der Waals surface area contributed by atoms with Crippen molar-refractivity contribution in [2.24, 2.45) is 5.73 Å². The van der Waals surface area contributed by atoms with Crippen molar-refractivity contribution in [1.82, 2.24) is 9.47 Å². The van der Waals surface area contributed by atoms with E-state index in [1.165, 1.54) is 38.9 Å². The van der Waals surface area contributed by atoms with Gasteiger partial charge in [-0.3, -0.25) is 0 Å². The number of rotatable bonds is 8. The molecule has 0 radical (unpaired) electrons. The Labute approximate surface area is 170 Å². The number of hydrogen-bond acceptors (Lipinski definition) is 2. The molecule has 0 atom stereocenters. The summed E-state index contributed by atoms with van der Waals surface area (Å²) in [6, 6.07) is 7.02. The first-order chi connectivity index (χ1) is 13.5. The lowest BCUT2D eigenvalue weighted by molar-refractivity contribution is 0.309. The van der Waals surface area contributed by atoms with E-state index in [0.29, 0.717) is 0 Å². The first-order valence-electron chi connectivity index (χ1n) is 10.5.